The first-order valence-corrected chi connectivity index (χ1v) is 10.4. The summed E-state index contributed by atoms with van der Waals surface area (Å²) in [5.41, 5.74) is 0.984. The second-order valence-electron chi connectivity index (χ2n) is 7.63. The van der Waals surface area contributed by atoms with Crippen molar-refractivity contribution in [1.29, 1.82) is 0 Å². The summed E-state index contributed by atoms with van der Waals surface area (Å²) < 4.78 is 5.64. The minimum atomic E-state index is -0.566. The van der Waals surface area contributed by atoms with E-state index in [2.05, 4.69) is 5.32 Å². The topological polar surface area (TPSA) is 58.6 Å². The van der Waals surface area contributed by atoms with Gasteiger partial charge in [-0.15, -0.1) is 0 Å². The molecule has 0 bridgehead atoms. The summed E-state index contributed by atoms with van der Waals surface area (Å²) in [7, 11) is 0. The van der Waals surface area contributed by atoms with Crippen LogP contribution in [0.25, 0.3) is 0 Å². The number of amides is 2. The molecule has 1 N–H and O–H groups in total. The van der Waals surface area contributed by atoms with Crippen LogP contribution in [0.1, 0.15) is 44.6 Å². The Balaban J connectivity index is 1.67. The van der Waals surface area contributed by atoms with E-state index in [1.807, 2.05) is 60.7 Å². The fourth-order valence-electron chi connectivity index (χ4n) is 3.68. The molecular formula is C24H30N2O3. The van der Waals surface area contributed by atoms with Crippen LogP contribution in [0.3, 0.4) is 0 Å². The van der Waals surface area contributed by atoms with Gasteiger partial charge < -0.3 is 15.0 Å². The first kappa shape index (κ1) is 20.9. The SMILES string of the molecule is C[C@@H](C(=O)NC1CCCCC1)N(Cc1ccccc1)C(=O)COc1ccccc1. The zero-order valence-electron chi connectivity index (χ0n) is 17.0. The maximum atomic E-state index is 13.0. The van der Waals surface area contributed by atoms with E-state index in [-0.39, 0.29) is 24.5 Å². The number of rotatable bonds is 8. The fourth-order valence-corrected chi connectivity index (χ4v) is 3.68. The molecule has 2 aromatic rings. The van der Waals surface area contributed by atoms with Crippen molar-refractivity contribution in [2.45, 2.75) is 57.7 Å². The number of carbonyl (C=O) groups excluding carboxylic acids is 2. The summed E-state index contributed by atoms with van der Waals surface area (Å²) in [6.45, 7) is 2.07. The van der Waals surface area contributed by atoms with Gasteiger partial charge in [0.25, 0.3) is 5.91 Å². The highest BCUT2D eigenvalue weighted by Gasteiger charge is 2.28. The number of para-hydroxylation sites is 1. The van der Waals surface area contributed by atoms with Crippen LogP contribution >= 0.6 is 0 Å². The molecule has 2 amide bonds. The van der Waals surface area contributed by atoms with Gasteiger partial charge in [0, 0.05) is 12.6 Å². The van der Waals surface area contributed by atoms with Crippen molar-refractivity contribution in [3.8, 4) is 5.75 Å². The third-order valence-electron chi connectivity index (χ3n) is 5.42. The Morgan fingerprint density at radius 1 is 1.00 bits per heavy atom. The quantitative estimate of drug-likeness (QED) is 0.738. The molecule has 154 valence electrons. The Kier molecular flexibility index (Phi) is 7.68. The third kappa shape index (κ3) is 6.34. The molecule has 0 radical (unpaired) electrons. The van der Waals surface area contributed by atoms with Gasteiger partial charge in [-0.25, -0.2) is 0 Å². The summed E-state index contributed by atoms with van der Waals surface area (Å²) in [5, 5.41) is 3.14. The average molecular weight is 395 g/mol. The second kappa shape index (κ2) is 10.6. The Bertz CT molecular complexity index is 773. The van der Waals surface area contributed by atoms with Crippen molar-refractivity contribution in [2.75, 3.05) is 6.61 Å². The number of hydrogen-bond acceptors (Lipinski definition) is 3. The minimum absolute atomic E-state index is 0.0964. The van der Waals surface area contributed by atoms with Gasteiger partial charge in [-0.2, -0.15) is 0 Å². The van der Waals surface area contributed by atoms with E-state index >= 15 is 0 Å². The van der Waals surface area contributed by atoms with Crippen LogP contribution in [-0.2, 0) is 16.1 Å². The van der Waals surface area contributed by atoms with Crippen LogP contribution in [0, 0.1) is 0 Å². The molecule has 5 nitrogen and oxygen atoms in total. The van der Waals surface area contributed by atoms with E-state index < -0.39 is 6.04 Å². The molecule has 1 atom stereocenters. The summed E-state index contributed by atoms with van der Waals surface area (Å²) in [6.07, 6.45) is 5.57. The molecule has 0 saturated heterocycles. The standard InChI is InChI=1S/C24H30N2O3/c1-19(24(28)25-21-13-7-3-8-14-21)26(17-20-11-5-2-6-12-20)23(27)18-29-22-15-9-4-10-16-22/h2,4-6,9-12,15-16,19,21H,3,7-8,13-14,17-18H2,1H3,(H,25,28)/t19-/m0/s1. The number of nitrogens with one attached hydrogen (secondary N) is 1. The molecule has 0 aromatic heterocycles. The van der Waals surface area contributed by atoms with Crippen molar-refractivity contribution in [2.24, 2.45) is 0 Å². The molecule has 3 rings (SSSR count). The molecule has 2 aromatic carbocycles. The molecule has 0 spiro atoms. The summed E-state index contributed by atoms with van der Waals surface area (Å²) >= 11 is 0. The van der Waals surface area contributed by atoms with Gasteiger partial charge in [0.1, 0.15) is 11.8 Å². The number of carbonyl (C=O) groups is 2. The normalized spacial score (nSPS) is 15.3. The zero-order valence-corrected chi connectivity index (χ0v) is 17.0. The average Bonchev–Trinajstić information content (AvgIpc) is 2.77. The van der Waals surface area contributed by atoms with Crippen molar-refractivity contribution in [3.05, 3.63) is 66.2 Å². The lowest BCUT2D eigenvalue weighted by molar-refractivity contribution is -0.142. The summed E-state index contributed by atoms with van der Waals surface area (Å²) in [5.74, 6) is 0.338. The van der Waals surface area contributed by atoms with E-state index in [0.717, 1.165) is 31.2 Å². The molecule has 0 unspecified atom stereocenters. The highest BCUT2D eigenvalue weighted by molar-refractivity contribution is 5.88. The van der Waals surface area contributed by atoms with E-state index in [1.165, 1.54) is 6.42 Å². The Morgan fingerprint density at radius 2 is 1.62 bits per heavy atom. The van der Waals surface area contributed by atoms with Crippen molar-refractivity contribution in [3.63, 3.8) is 0 Å². The van der Waals surface area contributed by atoms with E-state index in [0.29, 0.717) is 12.3 Å². The van der Waals surface area contributed by atoms with Crippen LogP contribution in [0.2, 0.25) is 0 Å². The van der Waals surface area contributed by atoms with E-state index in [9.17, 15) is 9.59 Å². The van der Waals surface area contributed by atoms with Crippen molar-refractivity contribution < 1.29 is 14.3 Å². The molecule has 1 aliphatic carbocycles. The maximum Gasteiger partial charge on any atom is 0.261 e. The highest BCUT2D eigenvalue weighted by Crippen LogP contribution is 2.18. The van der Waals surface area contributed by atoms with Gasteiger partial charge in [0.15, 0.2) is 6.61 Å². The van der Waals surface area contributed by atoms with Crippen molar-refractivity contribution in [1.82, 2.24) is 10.2 Å². The third-order valence-corrected chi connectivity index (χ3v) is 5.42. The first-order valence-electron chi connectivity index (χ1n) is 10.4. The highest BCUT2D eigenvalue weighted by atomic mass is 16.5. The van der Waals surface area contributed by atoms with Crippen LogP contribution in [0.5, 0.6) is 5.75 Å². The lowest BCUT2D eigenvalue weighted by Gasteiger charge is -2.31. The van der Waals surface area contributed by atoms with Gasteiger partial charge >= 0.3 is 0 Å². The predicted octanol–water partition coefficient (Wildman–Crippen LogP) is 3.93. The predicted molar refractivity (Wildman–Crippen MR) is 113 cm³/mol. The largest absolute Gasteiger partial charge is 0.484 e. The van der Waals surface area contributed by atoms with Crippen LogP contribution in [-0.4, -0.2) is 35.4 Å². The van der Waals surface area contributed by atoms with Gasteiger partial charge in [-0.1, -0.05) is 67.8 Å². The smallest absolute Gasteiger partial charge is 0.261 e. The molecule has 29 heavy (non-hydrogen) atoms. The number of ether oxygens (including phenoxy) is 1. The fraction of sp³-hybridized carbons (Fsp3) is 0.417. The molecule has 1 aliphatic rings. The first-order chi connectivity index (χ1) is 14.1. The summed E-state index contributed by atoms with van der Waals surface area (Å²) in [6, 6.07) is 18.6. The Labute approximate surface area is 173 Å². The lowest BCUT2D eigenvalue weighted by atomic mass is 9.95. The van der Waals surface area contributed by atoms with Gasteiger partial charge in [0.05, 0.1) is 0 Å². The number of hydrogen-bond donors (Lipinski definition) is 1. The molecular weight excluding hydrogens is 364 g/mol. The zero-order chi connectivity index (χ0) is 20.5. The number of nitrogens with zero attached hydrogens (tertiary/aromatic N) is 1. The molecule has 0 aliphatic heterocycles. The lowest BCUT2D eigenvalue weighted by Crippen LogP contribution is -2.51. The van der Waals surface area contributed by atoms with Crippen LogP contribution in [0.4, 0.5) is 0 Å². The van der Waals surface area contributed by atoms with Crippen molar-refractivity contribution >= 4 is 11.8 Å². The van der Waals surface area contributed by atoms with Gasteiger partial charge in [0.2, 0.25) is 5.91 Å². The van der Waals surface area contributed by atoms with Crippen LogP contribution in [0.15, 0.2) is 60.7 Å². The van der Waals surface area contributed by atoms with E-state index in [1.54, 1.807) is 11.8 Å². The monoisotopic (exact) mass is 394 g/mol. The minimum Gasteiger partial charge on any atom is -0.484 e. The Morgan fingerprint density at radius 3 is 2.28 bits per heavy atom. The molecule has 1 saturated carbocycles. The Hall–Kier alpha value is -2.82. The molecule has 1 fully saturated rings. The molecule has 5 heteroatoms. The maximum absolute atomic E-state index is 13.0. The summed E-state index contributed by atoms with van der Waals surface area (Å²) in [4.78, 5) is 27.5. The van der Waals surface area contributed by atoms with Crippen LogP contribution < -0.4 is 10.1 Å². The van der Waals surface area contributed by atoms with Gasteiger partial charge in [-0.05, 0) is 37.5 Å². The second-order valence-corrected chi connectivity index (χ2v) is 7.63. The molecule has 0 heterocycles. The van der Waals surface area contributed by atoms with E-state index in [4.69, 9.17) is 4.74 Å². The number of benzene rings is 2. The van der Waals surface area contributed by atoms with Gasteiger partial charge in [-0.3, -0.25) is 9.59 Å².